The standard InChI is InChI=1S/C16H21N3O2/c1(2-8-19-9-7-18-13-19)6-17-12-14-4-3-5-15-16(14)21-11-10-20-15/h3-5,7,9,13,17H,1-2,6,8,10-12H2. The van der Waals surface area contributed by atoms with Crippen molar-refractivity contribution in [3.05, 3.63) is 42.5 Å². The van der Waals surface area contributed by atoms with Crippen LogP contribution in [0.5, 0.6) is 11.5 Å². The number of nitrogens with one attached hydrogen (secondary N) is 1. The third-order valence-electron chi connectivity index (χ3n) is 3.54. The summed E-state index contributed by atoms with van der Waals surface area (Å²) in [6.45, 7) is 4.11. The number of nitrogens with zero attached hydrogens (tertiary/aromatic N) is 2. The molecule has 1 N–H and O–H groups in total. The van der Waals surface area contributed by atoms with Crippen molar-refractivity contribution in [3.63, 3.8) is 0 Å². The molecule has 0 saturated carbocycles. The van der Waals surface area contributed by atoms with Crippen molar-refractivity contribution in [2.75, 3.05) is 19.8 Å². The molecule has 0 radical (unpaired) electrons. The van der Waals surface area contributed by atoms with Crippen molar-refractivity contribution in [2.45, 2.75) is 25.9 Å². The van der Waals surface area contributed by atoms with Gasteiger partial charge in [0.2, 0.25) is 0 Å². The van der Waals surface area contributed by atoms with Gasteiger partial charge in [-0.3, -0.25) is 0 Å². The molecule has 1 aromatic heterocycles. The number of para-hydroxylation sites is 1. The predicted octanol–water partition coefficient (Wildman–Crippen LogP) is 2.22. The van der Waals surface area contributed by atoms with Crippen molar-refractivity contribution in [3.8, 4) is 11.5 Å². The Kier molecular flexibility index (Phi) is 4.74. The SMILES string of the molecule is c1cc(CNCCCCn2ccnc2)c2c(c1)OCCO2. The average molecular weight is 287 g/mol. The van der Waals surface area contributed by atoms with E-state index in [0.29, 0.717) is 13.2 Å². The zero-order chi connectivity index (χ0) is 14.3. The second-order valence-electron chi connectivity index (χ2n) is 5.13. The van der Waals surface area contributed by atoms with E-state index >= 15 is 0 Å². The van der Waals surface area contributed by atoms with Gasteiger partial charge in [0.05, 0.1) is 6.33 Å². The van der Waals surface area contributed by atoms with E-state index in [1.165, 1.54) is 5.56 Å². The third-order valence-corrected chi connectivity index (χ3v) is 3.54. The van der Waals surface area contributed by atoms with Crippen LogP contribution < -0.4 is 14.8 Å². The van der Waals surface area contributed by atoms with Crippen LogP contribution in [0, 0.1) is 0 Å². The molecule has 5 nitrogen and oxygen atoms in total. The Morgan fingerprint density at radius 3 is 3.05 bits per heavy atom. The lowest BCUT2D eigenvalue weighted by Crippen LogP contribution is -2.20. The van der Waals surface area contributed by atoms with Gasteiger partial charge in [-0.15, -0.1) is 0 Å². The van der Waals surface area contributed by atoms with Crippen LogP contribution in [0.15, 0.2) is 36.9 Å². The van der Waals surface area contributed by atoms with E-state index in [0.717, 1.165) is 44.0 Å². The summed E-state index contributed by atoms with van der Waals surface area (Å²) in [5.41, 5.74) is 1.17. The molecule has 0 unspecified atom stereocenters. The zero-order valence-electron chi connectivity index (χ0n) is 12.1. The van der Waals surface area contributed by atoms with Gasteiger partial charge in [-0.1, -0.05) is 12.1 Å². The number of fused-ring (bicyclic) bond motifs is 1. The summed E-state index contributed by atoms with van der Waals surface area (Å²) in [6.07, 6.45) is 7.97. The highest BCUT2D eigenvalue weighted by atomic mass is 16.6. The van der Waals surface area contributed by atoms with Crippen LogP contribution >= 0.6 is 0 Å². The van der Waals surface area contributed by atoms with Crippen LogP contribution in [0.25, 0.3) is 0 Å². The molecule has 0 spiro atoms. The third kappa shape index (κ3) is 3.76. The molecule has 1 aromatic carbocycles. The molecule has 2 aromatic rings. The first-order chi connectivity index (χ1) is 10.4. The molecule has 0 bridgehead atoms. The fourth-order valence-electron chi connectivity index (χ4n) is 2.46. The van der Waals surface area contributed by atoms with Crippen molar-refractivity contribution in [1.29, 1.82) is 0 Å². The van der Waals surface area contributed by atoms with Gasteiger partial charge in [0, 0.05) is 31.0 Å². The minimum absolute atomic E-state index is 0.634. The van der Waals surface area contributed by atoms with E-state index in [2.05, 4.69) is 20.9 Å². The van der Waals surface area contributed by atoms with Crippen LogP contribution in [-0.4, -0.2) is 29.3 Å². The number of hydrogen-bond donors (Lipinski definition) is 1. The highest BCUT2D eigenvalue weighted by Crippen LogP contribution is 2.33. The number of aromatic nitrogens is 2. The van der Waals surface area contributed by atoms with Crippen molar-refractivity contribution in [2.24, 2.45) is 0 Å². The van der Waals surface area contributed by atoms with Gasteiger partial charge in [0.1, 0.15) is 13.2 Å². The smallest absolute Gasteiger partial charge is 0.165 e. The lowest BCUT2D eigenvalue weighted by molar-refractivity contribution is 0.169. The predicted molar refractivity (Wildman–Crippen MR) is 80.6 cm³/mol. The molecule has 1 aliphatic heterocycles. The highest BCUT2D eigenvalue weighted by molar-refractivity contribution is 5.47. The number of benzene rings is 1. The molecule has 112 valence electrons. The van der Waals surface area contributed by atoms with Crippen molar-refractivity contribution < 1.29 is 9.47 Å². The molecule has 21 heavy (non-hydrogen) atoms. The molecule has 0 saturated heterocycles. The Bertz CT molecular complexity index is 555. The maximum atomic E-state index is 5.71. The van der Waals surface area contributed by atoms with E-state index in [1.807, 2.05) is 30.9 Å². The Labute approximate surface area is 124 Å². The van der Waals surface area contributed by atoms with Gasteiger partial charge >= 0.3 is 0 Å². The molecular weight excluding hydrogens is 266 g/mol. The summed E-state index contributed by atoms with van der Waals surface area (Å²) in [5, 5.41) is 3.47. The lowest BCUT2D eigenvalue weighted by Gasteiger charge is -2.21. The van der Waals surface area contributed by atoms with E-state index < -0.39 is 0 Å². The van der Waals surface area contributed by atoms with Gasteiger partial charge in [0.25, 0.3) is 0 Å². The summed E-state index contributed by atoms with van der Waals surface area (Å²) >= 11 is 0. The number of unbranched alkanes of at least 4 members (excludes halogenated alkanes) is 1. The topological polar surface area (TPSA) is 48.3 Å². The van der Waals surface area contributed by atoms with E-state index in [1.54, 1.807) is 0 Å². The maximum Gasteiger partial charge on any atom is 0.165 e. The minimum atomic E-state index is 0.634. The Morgan fingerprint density at radius 1 is 1.19 bits per heavy atom. The van der Waals surface area contributed by atoms with E-state index in [-0.39, 0.29) is 0 Å². The Hall–Kier alpha value is -2.01. The van der Waals surface area contributed by atoms with Crippen LogP contribution in [0.2, 0.25) is 0 Å². The summed E-state index contributed by atoms with van der Waals surface area (Å²) in [5.74, 6) is 1.76. The summed E-state index contributed by atoms with van der Waals surface area (Å²) < 4.78 is 13.4. The first kappa shape index (κ1) is 13.9. The van der Waals surface area contributed by atoms with E-state index in [9.17, 15) is 0 Å². The lowest BCUT2D eigenvalue weighted by atomic mass is 10.1. The van der Waals surface area contributed by atoms with Crippen molar-refractivity contribution >= 4 is 0 Å². The molecule has 1 aliphatic rings. The number of aryl methyl sites for hydroxylation is 1. The second kappa shape index (κ2) is 7.13. The zero-order valence-corrected chi connectivity index (χ0v) is 12.1. The van der Waals surface area contributed by atoms with Gasteiger partial charge < -0.3 is 19.4 Å². The Balaban J connectivity index is 1.39. The van der Waals surface area contributed by atoms with Crippen LogP contribution in [-0.2, 0) is 13.1 Å². The molecule has 5 heteroatoms. The molecule has 2 heterocycles. The molecule has 3 rings (SSSR count). The van der Waals surface area contributed by atoms with Gasteiger partial charge in [-0.25, -0.2) is 4.98 Å². The number of ether oxygens (including phenoxy) is 2. The number of rotatable bonds is 7. The minimum Gasteiger partial charge on any atom is -0.486 e. The fourth-order valence-corrected chi connectivity index (χ4v) is 2.46. The highest BCUT2D eigenvalue weighted by Gasteiger charge is 2.14. The van der Waals surface area contributed by atoms with Crippen molar-refractivity contribution in [1.82, 2.24) is 14.9 Å². The fraction of sp³-hybridized carbons (Fsp3) is 0.438. The van der Waals surface area contributed by atoms with Crippen LogP contribution in [0.1, 0.15) is 18.4 Å². The quantitative estimate of drug-likeness (QED) is 0.793. The summed E-state index contributed by atoms with van der Waals surface area (Å²) in [6, 6.07) is 6.07. The molecule has 0 atom stereocenters. The summed E-state index contributed by atoms with van der Waals surface area (Å²) in [4.78, 5) is 4.04. The molecular formula is C16H21N3O2. The first-order valence-electron chi connectivity index (χ1n) is 7.47. The second-order valence-corrected chi connectivity index (χ2v) is 5.13. The Morgan fingerprint density at radius 2 is 2.14 bits per heavy atom. The normalized spacial score (nSPS) is 13.3. The van der Waals surface area contributed by atoms with E-state index in [4.69, 9.17) is 9.47 Å². The first-order valence-corrected chi connectivity index (χ1v) is 7.47. The largest absolute Gasteiger partial charge is 0.486 e. The van der Waals surface area contributed by atoms with Gasteiger partial charge in [-0.05, 0) is 25.5 Å². The summed E-state index contributed by atoms with van der Waals surface area (Å²) in [7, 11) is 0. The van der Waals surface area contributed by atoms with Gasteiger partial charge in [0.15, 0.2) is 11.5 Å². The average Bonchev–Trinajstić information content (AvgIpc) is 3.04. The maximum absolute atomic E-state index is 5.71. The number of hydrogen-bond acceptors (Lipinski definition) is 4. The number of imidazole rings is 1. The molecule has 0 fully saturated rings. The molecule has 0 amide bonds. The monoisotopic (exact) mass is 287 g/mol. The van der Waals surface area contributed by atoms with Crippen LogP contribution in [0.3, 0.4) is 0 Å². The molecule has 0 aliphatic carbocycles. The van der Waals surface area contributed by atoms with Crippen LogP contribution in [0.4, 0.5) is 0 Å². The van der Waals surface area contributed by atoms with Gasteiger partial charge in [-0.2, -0.15) is 0 Å².